The van der Waals surface area contributed by atoms with E-state index < -0.39 is 15.6 Å². The summed E-state index contributed by atoms with van der Waals surface area (Å²) in [6, 6.07) is 5.52. The Balaban J connectivity index is 2.71. The van der Waals surface area contributed by atoms with Crippen molar-refractivity contribution in [2.45, 2.75) is 25.8 Å². The molecule has 0 bridgehead atoms. The molecule has 0 aliphatic carbocycles. The van der Waals surface area contributed by atoms with Gasteiger partial charge in [-0.3, -0.25) is 4.98 Å². The number of pyridine rings is 1. The quantitative estimate of drug-likeness (QED) is 0.748. The Bertz CT molecular complexity index is 474. The first-order chi connectivity index (χ1) is 8.29. The van der Waals surface area contributed by atoms with Gasteiger partial charge in [0.25, 0.3) is 0 Å². The highest BCUT2D eigenvalue weighted by Gasteiger charge is 2.31. The summed E-state index contributed by atoms with van der Waals surface area (Å²) in [4.78, 5) is 4.13. The minimum absolute atomic E-state index is 0.0803. The van der Waals surface area contributed by atoms with Gasteiger partial charge in [-0.2, -0.15) is 4.31 Å². The number of alkyl halides is 1. The maximum atomic E-state index is 12.2. The van der Waals surface area contributed by atoms with Crippen molar-refractivity contribution in [3.63, 3.8) is 0 Å². The molecule has 0 atom stereocenters. The Labute approximate surface area is 118 Å². The third-order valence-electron chi connectivity index (χ3n) is 2.94. The lowest BCUT2D eigenvalue weighted by atomic mass is 10.1. The zero-order valence-corrected chi connectivity index (χ0v) is 13.3. The van der Waals surface area contributed by atoms with Gasteiger partial charge in [-0.25, -0.2) is 8.42 Å². The largest absolute Gasteiger partial charge is 0.261 e. The van der Waals surface area contributed by atoms with Crippen molar-refractivity contribution in [1.82, 2.24) is 9.29 Å². The molecule has 0 radical (unpaired) electrons. The van der Waals surface area contributed by atoms with Gasteiger partial charge in [-0.15, -0.1) is 0 Å². The van der Waals surface area contributed by atoms with Gasteiger partial charge >= 0.3 is 0 Å². The molecule has 0 amide bonds. The van der Waals surface area contributed by atoms with E-state index in [2.05, 4.69) is 20.9 Å². The Morgan fingerprint density at radius 2 is 2.06 bits per heavy atom. The molecule has 0 unspecified atom stereocenters. The molecule has 0 saturated heterocycles. The minimum Gasteiger partial charge on any atom is -0.261 e. The molecule has 6 heteroatoms. The summed E-state index contributed by atoms with van der Waals surface area (Å²) in [6.45, 7) is 3.78. The van der Waals surface area contributed by atoms with Gasteiger partial charge < -0.3 is 0 Å². The van der Waals surface area contributed by atoms with Crippen LogP contribution in [0, 0.1) is 0 Å². The van der Waals surface area contributed by atoms with Crippen LogP contribution in [0.15, 0.2) is 24.4 Å². The van der Waals surface area contributed by atoms with Crippen molar-refractivity contribution in [3.05, 3.63) is 30.1 Å². The highest BCUT2D eigenvalue weighted by atomic mass is 79.9. The molecule has 0 spiro atoms. The molecule has 0 aliphatic rings. The summed E-state index contributed by atoms with van der Waals surface area (Å²) in [7, 11) is -1.64. The van der Waals surface area contributed by atoms with Gasteiger partial charge in [0.15, 0.2) is 0 Å². The fourth-order valence-electron chi connectivity index (χ4n) is 1.38. The van der Waals surface area contributed by atoms with Crippen LogP contribution in [-0.4, -0.2) is 41.4 Å². The molecule has 102 valence electrons. The van der Waals surface area contributed by atoms with Crippen LogP contribution >= 0.6 is 15.9 Å². The molecule has 4 nitrogen and oxygen atoms in total. The maximum Gasteiger partial charge on any atom is 0.214 e. The van der Waals surface area contributed by atoms with Gasteiger partial charge in [0.1, 0.15) is 0 Å². The van der Waals surface area contributed by atoms with Crippen LogP contribution in [0.1, 0.15) is 19.5 Å². The normalized spacial score (nSPS) is 12.9. The zero-order valence-electron chi connectivity index (χ0n) is 10.9. The molecule has 1 aromatic heterocycles. The number of hydrogen-bond acceptors (Lipinski definition) is 3. The fourth-order valence-corrected chi connectivity index (χ4v) is 3.48. The van der Waals surface area contributed by atoms with Crippen LogP contribution in [0.5, 0.6) is 0 Å². The van der Waals surface area contributed by atoms with E-state index in [0.717, 1.165) is 5.69 Å². The number of nitrogens with zero attached hydrogens (tertiary/aromatic N) is 2. The highest BCUT2D eigenvalue weighted by Crippen LogP contribution is 2.19. The SMILES string of the molecule is CN(C(C)(C)CBr)S(=O)(=O)CCc1ccccn1. The van der Waals surface area contributed by atoms with Gasteiger partial charge in [-0.05, 0) is 26.0 Å². The van der Waals surface area contributed by atoms with Gasteiger partial charge in [0.05, 0.1) is 5.75 Å². The third-order valence-corrected chi connectivity index (χ3v) is 6.36. The van der Waals surface area contributed by atoms with E-state index >= 15 is 0 Å². The van der Waals surface area contributed by atoms with E-state index in [9.17, 15) is 8.42 Å². The summed E-state index contributed by atoms with van der Waals surface area (Å²) >= 11 is 3.34. The van der Waals surface area contributed by atoms with Crippen molar-refractivity contribution >= 4 is 26.0 Å². The summed E-state index contributed by atoms with van der Waals surface area (Å²) in [5.41, 5.74) is 0.370. The minimum atomic E-state index is -3.26. The first-order valence-electron chi connectivity index (χ1n) is 5.72. The predicted octanol–water partition coefficient (Wildman–Crippen LogP) is 2.06. The third kappa shape index (κ3) is 4.03. The highest BCUT2D eigenvalue weighted by molar-refractivity contribution is 9.09. The summed E-state index contributed by atoms with van der Waals surface area (Å²) in [5.74, 6) is 0.0803. The molecule has 1 aromatic rings. The molecule has 0 fully saturated rings. The second kappa shape index (κ2) is 6.12. The van der Waals surface area contributed by atoms with Crippen LogP contribution in [0.4, 0.5) is 0 Å². The van der Waals surface area contributed by atoms with E-state index in [-0.39, 0.29) is 5.75 Å². The fraction of sp³-hybridized carbons (Fsp3) is 0.583. The Morgan fingerprint density at radius 1 is 1.39 bits per heavy atom. The number of hydrogen-bond donors (Lipinski definition) is 0. The van der Waals surface area contributed by atoms with Crippen LogP contribution in [0.25, 0.3) is 0 Å². The number of halogens is 1. The monoisotopic (exact) mass is 334 g/mol. The summed E-state index contributed by atoms with van der Waals surface area (Å²) < 4.78 is 25.8. The Morgan fingerprint density at radius 3 is 2.56 bits per heavy atom. The van der Waals surface area contributed by atoms with E-state index in [4.69, 9.17) is 0 Å². The van der Waals surface area contributed by atoms with Crippen molar-refractivity contribution in [2.24, 2.45) is 0 Å². The molecule has 1 rings (SSSR count). The smallest absolute Gasteiger partial charge is 0.214 e. The zero-order chi connectivity index (χ0) is 13.8. The van der Waals surface area contributed by atoms with Crippen LogP contribution in [-0.2, 0) is 16.4 Å². The number of rotatable bonds is 6. The lowest BCUT2D eigenvalue weighted by molar-refractivity contribution is 0.299. The standard InChI is InChI=1S/C12H19BrN2O2S/c1-12(2,10-13)15(3)18(16,17)9-7-11-6-4-5-8-14-11/h4-6,8H,7,9-10H2,1-3H3. The van der Waals surface area contributed by atoms with E-state index in [1.807, 2.05) is 32.0 Å². The van der Waals surface area contributed by atoms with Crippen molar-refractivity contribution in [1.29, 1.82) is 0 Å². The number of sulfonamides is 1. The number of aryl methyl sites for hydroxylation is 1. The lowest BCUT2D eigenvalue weighted by Crippen LogP contribution is -2.47. The molecule has 0 saturated carbocycles. The maximum absolute atomic E-state index is 12.2. The second-order valence-electron chi connectivity index (χ2n) is 4.80. The van der Waals surface area contributed by atoms with E-state index in [1.54, 1.807) is 13.2 Å². The molecule has 18 heavy (non-hydrogen) atoms. The molecular weight excluding hydrogens is 316 g/mol. The predicted molar refractivity (Wildman–Crippen MR) is 77.4 cm³/mol. The molecule has 1 heterocycles. The molecule has 0 aromatic carbocycles. The van der Waals surface area contributed by atoms with Gasteiger partial charge in [0.2, 0.25) is 10.0 Å². The van der Waals surface area contributed by atoms with Crippen molar-refractivity contribution in [2.75, 3.05) is 18.1 Å². The first kappa shape index (κ1) is 15.6. The Kier molecular flexibility index (Phi) is 5.31. The van der Waals surface area contributed by atoms with Crippen molar-refractivity contribution in [3.8, 4) is 0 Å². The molecule has 0 N–H and O–H groups in total. The summed E-state index contributed by atoms with van der Waals surface area (Å²) in [5, 5.41) is 0.597. The van der Waals surface area contributed by atoms with Crippen LogP contribution in [0.2, 0.25) is 0 Å². The lowest BCUT2D eigenvalue weighted by Gasteiger charge is -2.32. The average molecular weight is 335 g/mol. The van der Waals surface area contributed by atoms with Crippen molar-refractivity contribution < 1.29 is 8.42 Å². The van der Waals surface area contributed by atoms with Gasteiger partial charge in [-0.1, -0.05) is 22.0 Å². The molecule has 0 aliphatic heterocycles. The summed E-state index contributed by atoms with van der Waals surface area (Å²) in [6.07, 6.45) is 2.11. The average Bonchev–Trinajstić information content (AvgIpc) is 2.37. The van der Waals surface area contributed by atoms with E-state index in [0.29, 0.717) is 11.8 Å². The molecular formula is C12H19BrN2O2S. The van der Waals surface area contributed by atoms with Crippen LogP contribution < -0.4 is 0 Å². The van der Waals surface area contributed by atoms with E-state index in [1.165, 1.54) is 4.31 Å². The Hall–Kier alpha value is -0.460. The second-order valence-corrected chi connectivity index (χ2v) is 7.48. The number of aromatic nitrogens is 1. The first-order valence-corrected chi connectivity index (χ1v) is 8.45. The van der Waals surface area contributed by atoms with Crippen LogP contribution in [0.3, 0.4) is 0 Å². The van der Waals surface area contributed by atoms with Gasteiger partial charge in [0, 0.05) is 36.2 Å². The topological polar surface area (TPSA) is 50.3 Å².